The maximum Gasteiger partial charge on any atom is 0.180 e. The fraction of sp³-hybridized carbons (Fsp3) is 0.500. The highest BCUT2D eigenvalue weighted by molar-refractivity contribution is 5.66. The van der Waals surface area contributed by atoms with E-state index in [0.717, 1.165) is 31.0 Å². The Morgan fingerprint density at radius 3 is 3.11 bits per heavy atom. The molecule has 1 aliphatic rings. The molecule has 102 valence electrons. The van der Waals surface area contributed by atoms with Gasteiger partial charge < -0.3 is 19.8 Å². The average Bonchev–Trinajstić information content (AvgIpc) is 2.89. The molecule has 2 atom stereocenters. The highest BCUT2D eigenvalue weighted by Crippen LogP contribution is 2.26. The van der Waals surface area contributed by atoms with Crippen molar-refractivity contribution in [2.24, 2.45) is 11.8 Å². The SMILES string of the molecule is CC1CN(c2nc(NN)cn3ccnc23)CCC1O. The van der Waals surface area contributed by atoms with Crippen molar-refractivity contribution >= 4 is 17.3 Å². The summed E-state index contributed by atoms with van der Waals surface area (Å²) < 4.78 is 1.90. The molecule has 2 aromatic heterocycles. The van der Waals surface area contributed by atoms with Gasteiger partial charge in [0.2, 0.25) is 0 Å². The fourth-order valence-corrected chi connectivity index (χ4v) is 2.52. The zero-order chi connectivity index (χ0) is 13.4. The lowest BCUT2D eigenvalue weighted by atomic mass is 9.97. The van der Waals surface area contributed by atoms with Crippen molar-refractivity contribution in [2.45, 2.75) is 19.4 Å². The van der Waals surface area contributed by atoms with Crippen molar-refractivity contribution in [3.05, 3.63) is 18.6 Å². The predicted molar refractivity (Wildman–Crippen MR) is 72.8 cm³/mol. The monoisotopic (exact) mass is 262 g/mol. The zero-order valence-corrected chi connectivity index (χ0v) is 10.8. The molecule has 2 unspecified atom stereocenters. The Morgan fingerprint density at radius 2 is 2.37 bits per heavy atom. The zero-order valence-electron chi connectivity index (χ0n) is 10.8. The van der Waals surface area contributed by atoms with Crippen molar-refractivity contribution in [1.82, 2.24) is 14.4 Å². The molecule has 0 radical (unpaired) electrons. The van der Waals surface area contributed by atoms with Gasteiger partial charge in [0.15, 0.2) is 17.3 Å². The number of nitrogen functional groups attached to an aromatic ring is 1. The molecule has 2 aromatic rings. The molecule has 0 aliphatic carbocycles. The van der Waals surface area contributed by atoms with Gasteiger partial charge in [-0.25, -0.2) is 15.8 Å². The van der Waals surface area contributed by atoms with E-state index in [-0.39, 0.29) is 12.0 Å². The first-order valence-corrected chi connectivity index (χ1v) is 6.42. The molecule has 1 fully saturated rings. The highest BCUT2D eigenvalue weighted by atomic mass is 16.3. The summed E-state index contributed by atoms with van der Waals surface area (Å²) >= 11 is 0. The van der Waals surface area contributed by atoms with E-state index in [2.05, 4.69) is 20.3 Å². The second kappa shape index (κ2) is 4.67. The Balaban J connectivity index is 2.01. The van der Waals surface area contributed by atoms with Crippen LogP contribution >= 0.6 is 0 Å². The normalized spacial score (nSPS) is 23.8. The van der Waals surface area contributed by atoms with Crippen LogP contribution in [0.2, 0.25) is 0 Å². The average molecular weight is 262 g/mol. The second-order valence-corrected chi connectivity index (χ2v) is 5.03. The lowest BCUT2D eigenvalue weighted by Crippen LogP contribution is -2.42. The third-order valence-electron chi connectivity index (χ3n) is 3.66. The third kappa shape index (κ3) is 2.11. The predicted octanol–water partition coefficient (Wildman–Crippen LogP) is 0.222. The number of rotatable bonds is 2. The molecule has 0 saturated carbocycles. The lowest BCUT2D eigenvalue weighted by molar-refractivity contribution is 0.0969. The summed E-state index contributed by atoms with van der Waals surface area (Å²) in [6.45, 7) is 3.59. The Bertz CT molecular complexity index is 583. The molecule has 0 amide bonds. The number of imidazole rings is 1. The topological polar surface area (TPSA) is 91.7 Å². The van der Waals surface area contributed by atoms with Crippen molar-refractivity contribution < 1.29 is 5.11 Å². The van der Waals surface area contributed by atoms with E-state index in [9.17, 15) is 5.11 Å². The summed E-state index contributed by atoms with van der Waals surface area (Å²) in [6.07, 6.45) is 5.92. The number of aromatic nitrogens is 3. The van der Waals surface area contributed by atoms with Gasteiger partial charge in [0, 0.05) is 25.5 Å². The molecule has 1 saturated heterocycles. The Hall–Kier alpha value is -1.86. The minimum Gasteiger partial charge on any atom is -0.393 e. The smallest absolute Gasteiger partial charge is 0.180 e. The Morgan fingerprint density at radius 1 is 1.53 bits per heavy atom. The van der Waals surface area contributed by atoms with Crippen LogP contribution in [-0.4, -0.2) is 38.7 Å². The molecular weight excluding hydrogens is 244 g/mol. The van der Waals surface area contributed by atoms with Gasteiger partial charge in [-0.2, -0.15) is 0 Å². The number of nitrogens with two attached hydrogens (primary N) is 1. The number of hydrogen-bond acceptors (Lipinski definition) is 6. The number of anilines is 2. The van der Waals surface area contributed by atoms with Gasteiger partial charge in [-0.1, -0.05) is 6.92 Å². The van der Waals surface area contributed by atoms with Gasteiger partial charge >= 0.3 is 0 Å². The summed E-state index contributed by atoms with van der Waals surface area (Å²) in [6, 6.07) is 0. The molecule has 0 bridgehead atoms. The molecule has 3 heterocycles. The van der Waals surface area contributed by atoms with Crippen molar-refractivity contribution in [2.75, 3.05) is 23.4 Å². The number of piperidine rings is 1. The maximum absolute atomic E-state index is 9.82. The molecule has 0 aromatic carbocycles. The first-order chi connectivity index (χ1) is 9.19. The van der Waals surface area contributed by atoms with E-state index >= 15 is 0 Å². The van der Waals surface area contributed by atoms with Gasteiger partial charge in [0.05, 0.1) is 12.3 Å². The van der Waals surface area contributed by atoms with Gasteiger partial charge in [-0.15, -0.1) is 0 Å². The first kappa shape index (κ1) is 12.2. The van der Waals surface area contributed by atoms with Crippen LogP contribution in [-0.2, 0) is 0 Å². The molecule has 3 rings (SSSR count). The maximum atomic E-state index is 9.82. The van der Waals surface area contributed by atoms with Crippen LogP contribution in [0.1, 0.15) is 13.3 Å². The van der Waals surface area contributed by atoms with Crippen molar-refractivity contribution in [1.29, 1.82) is 0 Å². The largest absolute Gasteiger partial charge is 0.393 e. The molecule has 1 aliphatic heterocycles. The quantitative estimate of drug-likeness (QED) is 0.530. The van der Waals surface area contributed by atoms with Gasteiger partial charge in [-0.3, -0.25) is 0 Å². The van der Waals surface area contributed by atoms with E-state index < -0.39 is 0 Å². The lowest BCUT2D eigenvalue weighted by Gasteiger charge is -2.35. The number of nitrogens with zero attached hydrogens (tertiary/aromatic N) is 4. The van der Waals surface area contributed by atoms with Crippen LogP contribution in [0.3, 0.4) is 0 Å². The van der Waals surface area contributed by atoms with E-state index in [1.165, 1.54) is 0 Å². The van der Waals surface area contributed by atoms with Crippen molar-refractivity contribution in [3.8, 4) is 0 Å². The molecule has 0 spiro atoms. The molecule has 7 nitrogen and oxygen atoms in total. The van der Waals surface area contributed by atoms with Crippen LogP contribution < -0.4 is 16.2 Å². The van der Waals surface area contributed by atoms with E-state index in [4.69, 9.17) is 5.84 Å². The summed E-state index contributed by atoms with van der Waals surface area (Å²) in [4.78, 5) is 11.0. The van der Waals surface area contributed by atoms with Gasteiger partial charge in [-0.05, 0) is 12.3 Å². The van der Waals surface area contributed by atoms with Crippen LogP contribution in [0.15, 0.2) is 18.6 Å². The minimum absolute atomic E-state index is 0.222. The van der Waals surface area contributed by atoms with E-state index in [1.54, 1.807) is 12.4 Å². The second-order valence-electron chi connectivity index (χ2n) is 5.03. The Labute approximate surface area is 111 Å². The molecular formula is C12H18N6O. The molecule has 19 heavy (non-hydrogen) atoms. The number of fused-ring (bicyclic) bond motifs is 1. The number of hydrazine groups is 1. The molecule has 7 heteroatoms. The van der Waals surface area contributed by atoms with Gasteiger partial charge in [0.1, 0.15) is 0 Å². The molecule has 4 N–H and O–H groups in total. The summed E-state index contributed by atoms with van der Waals surface area (Å²) in [5.41, 5.74) is 3.38. The number of aliphatic hydroxyl groups is 1. The van der Waals surface area contributed by atoms with Gasteiger partial charge in [0.25, 0.3) is 0 Å². The van der Waals surface area contributed by atoms with Crippen LogP contribution in [0.25, 0.3) is 5.65 Å². The highest BCUT2D eigenvalue weighted by Gasteiger charge is 2.26. The van der Waals surface area contributed by atoms with Crippen LogP contribution in [0, 0.1) is 5.92 Å². The Kier molecular flexibility index (Phi) is 3.00. The summed E-state index contributed by atoms with van der Waals surface area (Å²) in [7, 11) is 0. The van der Waals surface area contributed by atoms with Crippen LogP contribution in [0.5, 0.6) is 0 Å². The third-order valence-corrected chi connectivity index (χ3v) is 3.66. The number of nitrogens with one attached hydrogen (secondary N) is 1. The summed E-state index contributed by atoms with van der Waals surface area (Å²) in [5, 5.41) is 9.82. The van der Waals surface area contributed by atoms with Crippen molar-refractivity contribution in [3.63, 3.8) is 0 Å². The summed E-state index contributed by atoms with van der Waals surface area (Å²) in [5.74, 6) is 7.08. The number of aliphatic hydroxyl groups excluding tert-OH is 1. The first-order valence-electron chi connectivity index (χ1n) is 6.42. The van der Waals surface area contributed by atoms with Crippen LogP contribution in [0.4, 0.5) is 11.6 Å². The van der Waals surface area contributed by atoms with E-state index in [1.807, 2.05) is 17.5 Å². The van der Waals surface area contributed by atoms with E-state index in [0.29, 0.717) is 5.82 Å². The fourth-order valence-electron chi connectivity index (χ4n) is 2.52. The minimum atomic E-state index is -0.233. The number of hydrogen-bond donors (Lipinski definition) is 3. The standard InChI is InChI=1S/C12H18N6O/c1-8-6-17(4-2-9(8)19)12-11-14-3-5-18(11)7-10(15-12)16-13/h3,5,7-9,16,19H,2,4,6,13H2,1H3.